The second-order valence-corrected chi connectivity index (χ2v) is 4.19. The van der Waals surface area contributed by atoms with Crippen LogP contribution < -0.4 is 4.74 Å². The van der Waals surface area contributed by atoms with E-state index in [2.05, 4.69) is 4.74 Å². The van der Waals surface area contributed by atoms with E-state index in [1.165, 1.54) is 0 Å². The summed E-state index contributed by atoms with van der Waals surface area (Å²) in [7, 11) is 0. The Labute approximate surface area is 116 Å². The van der Waals surface area contributed by atoms with Gasteiger partial charge in [0.15, 0.2) is 0 Å². The molecule has 0 saturated carbocycles. The first-order valence-corrected chi connectivity index (χ1v) is 5.72. The van der Waals surface area contributed by atoms with Gasteiger partial charge >= 0.3 is 12.0 Å². The largest absolute Gasteiger partial charge is 0.508 e. The summed E-state index contributed by atoms with van der Waals surface area (Å²) in [6, 6.07) is 6.30. The topological polar surface area (TPSA) is 29.5 Å². The number of benzene rings is 2. The van der Waals surface area contributed by atoms with Gasteiger partial charge in [0.2, 0.25) is 0 Å². The molecule has 2 nitrogen and oxygen atoms in total. The van der Waals surface area contributed by atoms with Gasteiger partial charge in [-0.2, -0.15) is 17.6 Å². The molecule has 0 bridgehead atoms. The van der Waals surface area contributed by atoms with Crippen LogP contribution in [-0.4, -0.2) is 11.2 Å². The maximum absolute atomic E-state index is 13.8. The summed E-state index contributed by atoms with van der Waals surface area (Å²) in [6.07, 6.45) is -4.85. The van der Waals surface area contributed by atoms with Crippen LogP contribution in [0.4, 0.5) is 22.0 Å². The van der Waals surface area contributed by atoms with Gasteiger partial charge in [-0.25, -0.2) is 4.39 Å². The molecule has 0 spiro atoms. The Kier molecular flexibility index (Phi) is 3.76. The molecule has 0 atom stereocenters. The van der Waals surface area contributed by atoms with E-state index in [-0.39, 0.29) is 5.75 Å². The second-order valence-electron chi connectivity index (χ2n) is 4.19. The summed E-state index contributed by atoms with van der Waals surface area (Å²) in [5, 5.41) is 8.99. The van der Waals surface area contributed by atoms with Crippen molar-refractivity contribution in [1.29, 1.82) is 0 Å². The molecule has 1 N–H and O–H groups in total. The molecule has 112 valence electrons. The summed E-state index contributed by atoms with van der Waals surface area (Å²) >= 11 is 0. The normalized spacial score (nSPS) is 12.2. The van der Waals surface area contributed by atoms with E-state index in [1.807, 2.05) is 0 Å². The molecule has 0 aliphatic rings. The van der Waals surface area contributed by atoms with Crippen molar-refractivity contribution in [2.45, 2.75) is 12.0 Å². The van der Waals surface area contributed by atoms with Crippen molar-refractivity contribution in [3.05, 3.63) is 59.9 Å². The van der Waals surface area contributed by atoms with Crippen LogP contribution in [0.2, 0.25) is 0 Å². The van der Waals surface area contributed by atoms with Crippen molar-refractivity contribution in [2.75, 3.05) is 0 Å². The highest BCUT2D eigenvalue weighted by molar-refractivity contribution is 5.31. The van der Waals surface area contributed by atoms with Gasteiger partial charge in [-0.3, -0.25) is 0 Å². The molecular weight excluding hydrogens is 295 g/mol. The minimum atomic E-state index is -4.85. The molecule has 0 aliphatic heterocycles. The van der Waals surface area contributed by atoms with Gasteiger partial charge in [0.1, 0.15) is 17.3 Å². The van der Waals surface area contributed by atoms with Gasteiger partial charge in [-0.15, -0.1) is 0 Å². The monoisotopic (exact) mass is 304 g/mol. The molecule has 21 heavy (non-hydrogen) atoms. The van der Waals surface area contributed by atoms with Crippen molar-refractivity contribution < 1.29 is 31.8 Å². The Morgan fingerprint density at radius 1 is 0.810 bits per heavy atom. The molecule has 2 aromatic carbocycles. The number of alkyl halides is 4. The third kappa shape index (κ3) is 3.07. The third-order valence-electron chi connectivity index (χ3n) is 2.66. The molecular formula is C14H9F5O2. The van der Waals surface area contributed by atoms with Crippen LogP contribution >= 0.6 is 0 Å². The highest BCUT2D eigenvalue weighted by Gasteiger charge is 2.60. The average molecular weight is 304 g/mol. The Bertz CT molecular complexity index is 608. The predicted octanol–water partition coefficient (Wildman–Crippen LogP) is 4.29. The first-order valence-electron chi connectivity index (χ1n) is 5.72. The highest BCUT2D eigenvalue weighted by atomic mass is 19.3. The summed E-state index contributed by atoms with van der Waals surface area (Å²) < 4.78 is 71.5. The first-order chi connectivity index (χ1) is 9.72. The fourth-order valence-corrected chi connectivity index (χ4v) is 1.55. The lowest BCUT2D eigenvalue weighted by atomic mass is 10.1. The summed E-state index contributed by atoms with van der Waals surface area (Å²) in [5.41, 5.74) is -1.08. The zero-order chi connectivity index (χ0) is 15.7. The van der Waals surface area contributed by atoms with Crippen molar-refractivity contribution in [1.82, 2.24) is 0 Å². The number of hydrogen-bond donors (Lipinski definition) is 1. The van der Waals surface area contributed by atoms with E-state index in [1.54, 1.807) is 0 Å². The SMILES string of the molecule is Oc1ccc(OC(F)(F)C(F)(F)c2ccc(F)cc2)cc1. The van der Waals surface area contributed by atoms with Gasteiger partial charge in [-0.05, 0) is 48.5 Å². The van der Waals surface area contributed by atoms with Gasteiger partial charge in [0, 0.05) is 5.56 Å². The van der Waals surface area contributed by atoms with Gasteiger partial charge < -0.3 is 9.84 Å². The van der Waals surface area contributed by atoms with E-state index >= 15 is 0 Å². The van der Waals surface area contributed by atoms with Crippen molar-refractivity contribution in [3.8, 4) is 11.5 Å². The van der Waals surface area contributed by atoms with Crippen LogP contribution in [0.1, 0.15) is 5.56 Å². The second kappa shape index (κ2) is 5.23. The lowest BCUT2D eigenvalue weighted by Gasteiger charge is -2.26. The lowest BCUT2D eigenvalue weighted by Crippen LogP contribution is -2.43. The molecule has 7 heteroatoms. The quantitative estimate of drug-likeness (QED) is 0.854. The number of hydrogen-bond acceptors (Lipinski definition) is 2. The molecule has 0 saturated heterocycles. The number of ether oxygens (including phenoxy) is 1. The van der Waals surface area contributed by atoms with Gasteiger partial charge in [-0.1, -0.05) is 0 Å². The third-order valence-corrected chi connectivity index (χ3v) is 2.66. The van der Waals surface area contributed by atoms with E-state index in [0.717, 1.165) is 24.3 Å². The number of rotatable bonds is 4. The average Bonchev–Trinajstić information content (AvgIpc) is 2.41. The van der Waals surface area contributed by atoms with Crippen LogP contribution in [0.3, 0.4) is 0 Å². The number of phenolic OH excluding ortho intramolecular Hbond substituents is 1. The molecule has 0 aromatic heterocycles. The maximum atomic E-state index is 13.8. The van der Waals surface area contributed by atoms with Crippen LogP contribution in [0.5, 0.6) is 11.5 Å². The van der Waals surface area contributed by atoms with Gasteiger partial charge in [0.25, 0.3) is 0 Å². The number of phenols is 1. The van der Waals surface area contributed by atoms with E-state index in [9.17, 15) is 22.0 Å². The van der Waals surface area contributed by atoms with Crippen LogP contribution in [-0.2, 0) is 5.92 Å². The Hall–Kier alpha value is -2.31. The van der Waals surface area contributed by atoms with Crippen LogP contribution in [0.15, 0.2) is 48.5 Å². The minimum Gasteiger partial charge on any atom is -0.508 e. The Morgan fingerprint density at radius 3 is 1.86 bits per heavy atom. The van der Waals surface area contributed by atoms with E-state index < -0.39 is 29.2 Å². The number of aromatic hydroxyl groups is 1. The standard InChI is InChI=1S/C14H9F5O2/c15-10-3-1-9(2-4-10)13(16,17)14(18,19)21-12-7-5-11(20)6-8-12/h1-8,20H. The Balaban J connectivity index is 2.27. The molecule has 0 amide bonds. The molecule has 0 radical (unpaired) electrons. The predicted molar refractivity (Wildman–Crippen MR) is 64.0 cm³/mol. The van der Waals surface area contributed by atoms with E-state index in [0.29, 0.717) is 24.3 Å². The zero-order valence-electron chi connectivity index (χ0n) is 10.4. The van der Waals surface area contributed by atoms with Crippen molar-refractivity contribution >= 4 is 0 Å². The van der Waals surface area contributed by atoms with Crippen LogP contribution in [0.25, 0.3) is 0 Å². The number of halogens is 5. The maximum Gasteiger partial charge on any atom is 0.469 e. The molecule has 0 heterocycles. The first kappa shape index (κ1) is 15.1. The van der Waals surface area contributed by atoms with Crippen molar-refractivity contribution in [2.24, 2.45) is 0 Å². The van der Waals surface area contributed by atoms with E-state index in [4.69, 9.17) is 5.11 Å². The highest BCUT2D eigenvalue weighted by Crippen LogP contribution is 2.44. The summed E-state index contributed by atoms with van der Waals surface area (Å²) in [4.78, 5) is 0. The molecule has 2 aromatic rings. The molecule has 0 unspecified atom stereocenters. The Morgan fingerprint density at radius 2 is 1.33 bits per heavy atom. The minimum absolute atomic E-state index is 0.226. The summed E-state index contributed by atoms with van der Waals surface area (Å²) in [5.74, 6) is -6.24. The molecule has 2 rings (SSSR count). The zero-order valence-corrected chi connectivity index (χ0v) is 10.4. The fourth-order valence-electron chi connectivity index (χ4n) is 1.55. The lowest BCUT2D eigenvalue weighted by molar-refractivity contribution is -0.316. The smallest absolute Gasteiger partial charge is 0.469 e. The summed E-state index contributed by atoms with van der Waals surface area (Å²) in [6.45, 7) is 0. The molecule has 0 fully saturated rings. The van der Waals surface area contributed by atoms with Crippen molar-refractivity contribution in [3.63, 3.8) is 0 Å². The van der Waals surface area contributed by atoms with Gasteiger partial charge in [0.05, 0.1) is 0 Å². The van der Waals surface area contributed by atoms with Crippen LogP contribution in [0, 0.1) is 5.82 Å². The molecule has 0 aliphatic carbocycles. The fraction of sp³-hybridized carbons (Fsp3) is 0.143.